The van der Waals surface area contributed by atoms with E-state index in [1.165, 1.54) is 0 Å². The van der Waals surface area contributed by atoms with Crippen LogP contribution in [0.5, 0.6) is 0 Å². The standard InChI is InChI=1S/C8H9ClN2/c1-2-10-11-8-5-3-7(9)4-6-8/h2-6,11H,1H3/b10-2+. The lowest BCUT2D eigenvalue weighted by Gasteiger charge is -1.97. The van der Waals surface area contributed by atoms with Crippen LogP contribution < -0.4 is 5.43 Å². The molecule has 0 saturated heterocycles. The molecule has 0 aliphatic carbocycles. The molecule has 0 aliphatic heterocycles. The predicted octanol–water partition coefficient (Wildman–Crippen LogP) is 2.76. The molecule has 0 heterocycles. The Labute approximate surface area is 70.9 Å². The van der Waals surface area contributed by atoms with E-state index in [1.54, 1.807) is 6.21 Å². The molecule has 0 atom stereocenters. The van der Waals surface area contributed by atoms with Gasteiger partial charge in [0, 0.05) is 11.2 Å². The minimum absolute atomic E-state index is 0.732. The normalized spacial score (nSPS) is 10.4. The lowest BCUT2D eigenvalue weighted by Crippen LogP contribution is -1.86. The van der Waals surface area contributed by atoms with Gasteiger partial charge in [-0.25, -0.2) is 0 Å². The van der Waals surface area contributed by atoms with Crippen molar-refractivity contribution in [3.05, 3.63) is 29.3 Å². The highest BCUT2D eigenvalue weighted by atomic mass is 35.5. The molecule has 1 aromatic rings. The van der Waals surface area contributed by atoms with Gasteiger partial charge in [-0.1, -0.05) is 11.6 Å². The first kappa shape index (κ1) is 8.08. The van der Waals surface area contributed by atoms with Crippen LogP contribution in [-0.2, 0) is 0 Å². The summed E-state index contributed by atoms with van der Waals surface area (Å²) >= 11 is 5.68. The highest BCUT2D eigenvalue weighted by Crippen LogP contribution is 2.12. The largest absolute Gasteiger partial charge is 0.279 e. The molecule has 58 valence electrons. The molecule has 11 heavy (non-hydrogen) atoms. The van der Waals surface area contributed by atoms with Gasteiger partial charge in [0.2, 0.25) is 0 Å². The zero-order valence-electron chi connectivity index (χ0n) is 6.21. The van der Waals surface area contributed by atoms with Gasteiger partial charge in [-0.05, 0) is 31.2 Å². The fraction of sp³-hybridized carbons (Fsp3) is 0.125. The van der Waals surface area contributed by atoms with Gasteiger partial charge in [0.15, 0.2) is 0 Å². The summed E-state index contributed by atoms with van der Waals surface area (Å²) in [4.78, 5) is 0. The summed E-state index contributed by atoms with van der Waals surface area (Å²) in [5.74, 6) is 0. The van der Waals surface area contributed by atoms with Crippen molar-refractivity contribution in [3.8, 4) is 0 Å². The van der Waals surface area contributed by atoms with Crippen LogP contribution in [0.3, 0.4) is 0 Å². The van der Waals surface area contributed by atoms with Gasteiger partial charge in [0.25, 0.3) is 0 Å². The van der Waals surface area contributed by atoms with Crippen LogP contribution in [0.2, 0.25) is 5.02 Å². The van der Waals surface area contributed by atoms with Gasteiger partial charge < -0.3 is 0 Å². The van der Waals surface area contributed by atoms with E-state index in [4.69, 9.17) is 11.6 Å². The molecule has 1 rings (SSSR count). The number of anilines is 1. The van der Waals surface area contributed by atoms with Gasteiger partial charge in [-0.3, -0.25) is 5.43 Å². The van der Waals surface area contributed by atoms with Crippen molar-refractivity contribution in [2.75, 3.05) is 5.43 Å². The second-order valence-corrected chi connectivity index (χ2v) is 2.44. The molecule has 0 fully saturated rings. The number of nitrogens with one attached hydrogen (secondary N) is 1. The minimum Gasteiger partial charge on any atom is -0.279 e. The summed E-state index contributed by atoms with van der Waals surface area (Å²) < 4.78 is 0. The number of rotatable bonds is 2. The van der Waals surface area contributed by atoms with Crippen molar-refractivity contribution in [3.63, 3.8) is 0 Å². The van der Waals surface area contributed by atoms with Crippen molar-refractivity contribution in [1.82, 2.24) is 0 Å². The maximum Gasteiger partial charge on any atom is 0.0562 e. The van der Waals surface area contributed by atoms with E-state index in [0.717, 1.165) is 10.7 Å². The summed E-state index contributed by atoms with van der Waals surface area (Å²) in [6, 6.07) is 7.37. The summed E-state index contributed by atoms with van der Waals surface area (Å²) in [6.45, 7) is 1.85. The van der Waals surface area contributed by atoms with E-state index < -0.39 is 0 Å². The second kappa shape index (κ2) is 3.98. The summed E-state index contributed by atoms with van der Waals surface area (Å²) in [6.07, 6.45) is 1.69. The van der Waals surface area contributed by atoms with Gasteiger partial charge >= 0.3 is 0 Å². The van der Waals surface area contributed by atoms with E-state index in [-0.39, 0.29) is 0 Å². The third-order valence-electron chi connectivity index (χ3n) is 1.17. The SMILES string of the molecule is C/C=N/Nc1ccc(Cl)cc1. The molecule has 0 spiro atoms. The smallest absolute Gasteiger partial charge is 0.0562 e. The topological polar surface area (TPSA) is 24.4 Å². The van der Waals surface area contributed by atoms with Crippen LogP contribution in [0.25, 0.3) is 0 Å². The lowest BCUT2D eigenvalue weighted by atomic mass is 10.3. The number of benzene rings is 1. The van der Waals surface area contributed by atoms with E-state index in [1.807, 2.05) is 31.2 Å². The molecule has 0 bridgehead atoms. The zero-order chi connectivity index (χ0) is 8.10. The van der Waals surface area contributed by atoms with Gasteiger partial charge in [0.05, 0.1) is 5.69 Å². The van der Waals surface area contributed by atoms with Crippen molar-refractivity contribution < 1.29 is 0 Å². The first-order chi connectivity index (χ1) is 5.33. The van der Waals surface area contributed by atoms with Crippen LogP contribution in [0.15, 0.2) is 29.4 Å². The zero-order valence-corrected chi connectivity index (χ0v) is 6.97. The highest BCUT2D eigenvalue weighted by molar-refractivity contribution is 6.30. The second-order valence-electron chi connectivity index (χ2n) is 2.01. The Balaban J connectivity index is 2.66. The van der Waals surface area contributed by atoms with Crippen molar-refractivity contribution >= 4 is 23.5 Å². The highest BCUT2D eigenvalue weighted by Gasteiger charge is 1.87. The molecule has 0 unspecified atom stereocenters. The van der Waals surface area contributed by atoms with E-state index in [0.29, 0.717) is 0 Å². The third-order valence-corrected chi connectivity index (χ3v) is 1.42. The predicted molar refractivity (Wildman–Crippen MR) is 49.2 cm³/mol. The van der Waals surface area contributed by atoms with Crippen LogP contribution >= 0.6 is 11.6 Å². The van der Waals surface area contributed by atoms with Gasteiger partial charge in [-0.15, -0.1) is 0 Å². The average molecular weight is 169 g/mol. The molecular formula is C8H9ClN2. The Bertz CT molecular complexity index is 241. The summed E-state index contributed by atoms with van der Waals surface area (Å²) in [5.41, 5.74) is 3.77. The molecule has 3 heteroatoms. The average Bonchev–Trinajstić information content (AvgIpc) is 2.04. The molecule has 0 aromatic heterocycles. The van der Waals surface area contributed by atoms with E-state index in [9.17, 15) is 0 Å². The molecule has 2 nitrogen and oxygen atoms in total. The summed E-state index contributed by atoms with van der Waals surface area (Å²) in [7, 11) is 0. The molecule has 0 aliphatic rings. The monoisotopic (exact) mass is 168 g/mol. The summed E-state index contributed by atoms with van der Waals surface area (Å²) in [5, 5.41) is 4.59. The Morgan fingerprint density at radius 1 is 1.36 bits per heavy atom. The fourth-order valence-corrected chi connectivity index (χ4v) is 0.789. The molecule has 1 aromatic carbocycles. The maximum atomic E-state index is 5.68. The maximum absolute atomic E-state index is 5.68. The fourth-order valence-electron chi connectivity index (χ4n) is 0.664. The van der Waals surface area contributed by atoms with E-state index >= 15 is 0 Å². The molecule has 1 N–H and O–H groups in total. The minimum atomic E-state index is 0.732. The molecule has 0 amide bonds. The number of hydrazone groups is 1. The van der Waals surface area contributed by atoms with Crippen LogP contribution in [0.4, 0.5) is 5.69 Å². The van der Waals surface area contributed by atoms with Crippen LogP contribution in [-0.4, -0.2) is 6.21 Å². The van der Waals surface area contributed by atoms with E-state index in [2.05, 4.69) is 10.5 Å². The lowest BCUT2D eigenvalue weighted by molar-refractivity contribution is 1.35. The number of hydrogen-bond donors (Lipinski definition) is 1. The Morgan fingerprint density at radius 3 is 2.55 bits per heavy atom. The third kappa shape index (κ3) is 2.60. The first-order valence-electron chi connectivity index (χ1n) is 3.32. The first-order valence-corrected chi connectivity index (χ1v) is 3.70. The van der Waals surface area contributed by atoms with Crippen LogP contribution in [0, 0.1) is 0 Å². The van der Waals surface area contributed by atoms with Crippen molar-refractivity contribution in [2.45, 2.75) is 6.92 Å². The quantitative estimate of drug-likeness (QED) is 0.533. The Kier molecular flexibility index (Phi) is 2.93. The molecule has 0 saturated carbocycles. The number of halogens is 1. The number of hydrogen-bond acceptors (Lipinski definition) is 2. The molecule has 0 radical (unpaired) electrons. The van der Waals surface area contributed by atoms with Gasteiger partial charge in [0.1, 0.15) is 0 Å². The Hall–Kier alpha value is -1.02. The van der Waals surface area contributed by atoms with Crippen molar-refractivity contribution in [1.29, 1.82) is 0 Å². The number of nitrogens with zero attached hydrogens (tertiary/aromatic N) is 1. The van der Waals surface area contributed by atoms with Crippen LogP contribution in [0.1, 0.15) is 6.92 Å². The van der Waals surface area contributed by atoms with Gasteiger partial charge in [-0.2, -0.15) is 5.10 Å². The van der Waals surface area contributed by atoms with Crippen molar-refractivity contribution in [2.24, 2.45) is 5.10 Å². The Morgan fingerprint density at radius 2 is 2.00 bits per heavy atom. The molecular weight excluding hydrogens is 160 g/mol.